The molecule has 0 spiro atoms. The lowest BCUT2D eigenvalue weighted by atomic mass is 10.1. The maximum atomic E-state index is 5.88. The van der Waals surface area contributed by atoms with E-state index in [1.807, 2.05) is 42.5 Å². The number of nitrogens with zero attached hydrogens (tertiary/aromatic N) is 1. The summed E-state index contributed by atoms with van der Waals surface area (Å²) in [6.45, 7) is 8.90. The van der Waals surface area contributed by atoms with Crippen LogP contribution in [0.3, 0.4) is 0 Å². The SMILES string of the molecule is C=C(/C=C(\C)CCC)NC1=NC(COc2ccccc2)Nc2ccccc21. The van der Waals surface area contributed by atoms with Crippen molar-refractivity contribution in [2.45, 2.75) is 32.9 Å². The number of benzene rings is 2. The van der Waals surface area contributed by atoms with Crippen LogP contribution in [-0.4, -0.2) is 18.6 Å². The van der Waals surface area contributed by atoms with Gasteiger partial charge >= 0.3 is 0 Å². The van der Waals surface area contributed by atoms with Crippen LogP contribution in [0.15, 0.2) is 83.5 Å². The van der Waals surface area contributed by atoms with E-state index in [-0.39, 0.29) is 6.17 Å². The predicted molar refractivity (Wildman–Crippen MR) is 113 cm³/mol. The van der Waals surface area contributed by atoms with Crippen LogP contribution in [0.2, 0.25) is 0 Å². The molecule has 0 aromatic heterocycles. The first-order valence-corrected chi connectivity index (χ1v) is 9.40. The maximum Gasteiger partial charge on any atom is 0.155 e. The Kier molecular flexibility index (Phi) is 6.31. The number of amidine groups is 1. The van der Waals surface area contributed by atoms with Gasteiger partial charge in [0.15, 0.2) is 6.17 Å². The molecule has 2 aromatic rings. The first kappa shape index (κ1) is 18.8. The Hall–Kier alpha value is -3.01. The van der Waals surface area contributed by atoms with Crippen molar-refractivity contribution in [1.82, 2.24) is 5.32 Å². The molecule has 1 aliphatic rings. The molecule has 0 bridgehead atoms. The number of allylic oxidation sites excluding steroid dienone is 2. The fourth-order valence-corrected chi connectivity index (χ4v) is 3.08. The van der Waals surface area contributed by atoms with Crippen LogP contribution in [0, 0.1) is 0 Å². The minimum atomic E-state index is -0.170. The first-order valence-electron chi connectivity index (χ1n) is 9.40. The van der Waals surface area contributed by atoms with Crippen LogP contribution in [0.25, 0.3) is 0 Å². The average molecular weight is 361 g/mol. The number of rotatable bonds is 7. The summed E-state index contributed by atoms with van der Waals surface area (Å²) in [5.74, 6) is 1.65. The van der Waals surface area contributed by atoms with Crippen LogP contribution >= 0.6 is 0 Å². The molecule has 2 aromatic carbocycles. The Balaban J connectivity index is 1.75. The lowest BCUT2D eigenvalue weighted by molar-refractivity contribution is 0.299. The number of hydrogen-bond donors (Lipinski definition) is 2. The van der Waals surface area contributed by atoms with Crippen LogP contribution in [-0.2, 0) is 0 Å². The molecule has 1 heterocycles. The average Bonchev–Trinajstić information content (AvgIpc) is 2.67. The highest BCUT2D eigenvalue weighted by Gasteiger charge is 2.20. The van der Waals surface area contributed by atoms with E-state index in [2.05, 4.69) is 49.3 Å². The van der Waals surface area contributed by atoms with E-state index in [9.17, 15) is 0 Å². The van der Waals surface area contributed by atoms with Gasteiger partial charge in [0.1, 0.15) is 18.2 Å². The van der Waals surface area contributed by atoms with Crippen molar-refractivity contribution < 1.29 is 4.74 Å². The van der Waals surface area contributed by atoms with Crippen molar-refractivity contribution >= 4 is 11.5 Å². The second kappa shape index (κ2) is 9.08. The van der Waals surface area contributed by atoms with Gasteiger partial charge in [-0.05, 0) is 43.7 Å². The molecule has 1 aliphatic heterocycles. The summed E-state index contributed by atoms with van der Waals surface area (Å²) in [7, 11) is 0. The number of hydrogen-bond acceptors (Lipinski definition) is 4. The Morgan fingerprint density at radius 1 is 1.19 bits per heavy atom. The minimum absolute atomic E-state index is 0.170. The third kappa shape index (κ3) is 5.23. The fraction of sp³-hybridized carbons (Fsp3) is 0.261. The largest absolute Gasteiger partial charge is 0.489 e. The molecule has 0 saturated heterocycles. The quantitative estimate of drug-likeness (QED) is 0.673. The molecule has 1 atom stereocenters. The van der Waals surface area contributed by atoms with Crippen LogP contribution in [0.4, 0.5) is 5.69 Å². The van der Waals surface area contributed by atoms with E-state index >= 15 is 0 Å². The Morgan fingerprint density at radius 2 is 1.93 bits per heavy atom. The molecule has 0 saturated carbocycles. The van der Waals surface area contributed by atoms with E-state index in [4.69, 9.17) is 9.73 Å². The van der Waals surface area contributed by atoms with Crippen LogP contribution in [0.5, 0.6) is 5.75 Å². The molecule has 1 unspecified atom stereocenters. The lowest BCUT2D eigenvalue weighted by Gasteiger charge is -2.26. The zero-order chi connectivity index (χ0) is 19.1. The molecular formula is C23H27N3O. The van der Waals surface area contributed by atoms with Gasteiger partial charge in [-0.1, -0.05) is 55.8 Å². The molecule has 4 heteroatoms. The smallest absolute Gasteiger partial charge is 0.155 e. The van der Waals surface area contributed by atoms with Gasteiger partial charge in [0.05, 0.1) is 0 Å². The standard InChI is InChI=1S/C23H27N3O/c1-4-10-17(2)15-18(3)24-23-20-13-8-9-14-21(20)25-22(26-23)16-27-19-11-6-5-7-12-19/h5-9,11-15,22,25H,3-4,10,16H2,1-2H3,(H,24,26)/b17-15+. The third-order valence-corrected chi connectivity index (χ3v) is 4.28. The molecule has 0 aliphatic carbocycles. The second-order valence-electron chi connectivity index (χ2n) is 6.70. The number of aliphatic imine (C=N–C) groups is 1. The van der Waals surface area contributed by atoms with Gasteiger partial charge in [0.2, 0.25) is 0 Å². The maximum absolute atomic E-state index is 5.88. The minimum Gasteiger partial charge on any atom is -0.489 e. The zero-order valence-corrected chi connectivity index (χ0v) is 16.0. The van der Waals surface area contributed by atoms with Gasteiger partial charge in [-0.25, -0.2) is 4.99 Å². The normalized spacial score (nSPS) is 16.0. The van der Waals surface area contributed by atoms with Gasteiger partial charge in [0.25, 0.3) is 0 Å². The molecule has 0 fully saturated rings. The van der Waals surface area contributed by atoms with E-state index in [0.29, 0.717) is 6.61 Å². The highest BCUT2D eigenvalue weighted by Crippen LogP contribution is 2.22. The monoisotopic (exact) mass is 361 g/mol. The molecule has 4 nitrogen and oxygen atoms in total. The van der Waals surface area contributed by atoms with E-state index in [1.165, 1.54) is 5.57 Å². The van der Waals surface area contributed by atoms with Gasteiger partial charge in [-0.2, -0.15) is 0 Å². The number of anilines is 1. The van der Waals surface area contributed by atoms with E-state index in [1.54, 1.807) is 0 Å². The summed E-state index contributed by atoms with van der Waals surface area (Å²) in [4.78, 5) is 4.81. The predicted octanol–water partition coefficient (Wildman–Crippen LogP) is 5.11. The first-order chi connectivity index (χ1) is 13.2. The zero-order valence-electron chi connectivity index (χ0n) is 16.0. The highest BCUT2D eigenvalue weighted by molar-refractivity contribution is 6.05. The van der Waals surface area contributed by atoms with E-state index in [0.717, 1.165) is 41.4 Å². The van der Waals surface area contributed by atoms with Crippen LogP contribution < -0.4 is 15.4 Å². The Labute approximate surface area is 161 Å². The summed E-state index contributed by atoms with van der Waals surface area (Å²) in [5.41, 5.74) is 4.23. The topological polar surface area (TPSA) is 45.7 Å². The van der Waals surface area contributed by atoms with Crippen molar-refractivity contribution in [2.24, 2.45) is 4.99 Å². The number of fused-ring (bicyclic) bond motifs is 1. The number of ether oxygens (including phenoxy) is 1. The van der Waals surface area contributed by atoms with Crippen molar-refractivity contribution in [3.05, 3.63) is 84.1 Å². The van der Waals surface area contributed by atoms with Crippen molar-refractivity contribution in [3.63, 3.8) is 0 Å². The molecule has 27 heavy (non-hydrogen) atoms. The van der Waals surface area contributed by atoms with Crippen molar-refractivity contribution in [2.75, 3.05) is 11.9 Å². The van der Waals surface area contributed by atoms with Gasteiger partial charge < -0.3 is 15.4 Å². The Bertz CT molecular complexity index is 840. The summed E-state index contributed by atoms with van der Waals surface area (Å²) in [6, 6.07) is 17.9. The Morgan fingerprint density at radius 3 is 2.70 bits per heavy atom. The van der Waals surface area contributed by atoms with Crippen molar-refractivity contribution in [1.29, 1.82) is 0 Å². The molecular weight excluding hydrogens is 334 g/mol. The van der Waals surface area contributed by atoms with Gasteiger partial charge in [-0.3, -0.25) is 0 Å². The molecule has 3 rings (SSSR count). The van der Waals surface area contributed by atoms with Gasteiger partial charge in [0, 0.05) is 16.9 Å². The molecule has 140 valence electrons. The fourth-order valence-electron chi connectivity index (χ4n) is 3.08. The molecule has 0 radical (unpaired) electrons. The van der Waals surface area contributed by atoms with Gasteiger partial charge in [-0.15, -0.1) is 0 Å². The molecule has 2 N–H and O–H groups in total. The number of nitrogens with one attached hydrogen (secondary N) is 2. The summed E-state index contributed by atoms with van der Waals surface area (Å²) in [5, 5.41) is 6.81. The highest BCUT2D eigenvalue weighted by atomic mass is 16.5. The second-order valence-corrected chi connectivity index (χ2v) is 6.70. The van der Waals surface area contributed by atoms with Crippen LogP contribution in [0.1, 0.15) is 32.3 Å². The summed E-state index contributed by atoms with van der Waals surface area (Å²) >= 11 is 0. The number of para-hydroxylation sites is 2. The lowest BCUT2D eigenvalue weighted by Crippen LogP contribution is -2.36. The van der Waals surface area contributed by atoms with E-state index < -0.39 is 0 Å². The molecule has 0 amide bonds. The summed E-state index contributed by atoms with van der Waals surface area (Å²) < 4.78 is 5.88. The third-order valence-electron chi connectivity index (χ3n) is 4.28. The summed E-state index contributed by atoms with van der Waals surface area (Å²) in [6.07, 6.45) is 4.11. The van der Waals surface area contributed by atoms with Crippen molar-refractivity contribution in [3.8, 4) is 5.75 Å².